The number of alkyl halides is 6. The van der Waals surface area contributed by atoms with Gasteiger partial charge in [0.15, 0.2) is 0 Å². The molecule has 2 aromatic carbocycles. The van der Waals surface area contributed by atoms with Gasteiger partial charge in [-0.1, -0.05) is 36.4 Å². The van der Waals surface area contributed by atoms with E-state index in [0.717, 1.165) is 9.77 Å². The van der Waals surface area contributed by atoms with E-state index in [1.807, 2.05) is 46.7 Å². The van der Waals surface area contributed by atoms with Crippen LogP contribution in [0.2, 0.25) is 0 Å². The van der Waals surface area contributed by atoms with E-state index in [4.69, 9.17) is 4.74 Å². The molecule has 0 saturated carbocycles. The summed E-state index contributed by atoms with van der Waals surface area (Å²) in [7, 11) is 1.57. The number of nitrogens with zero attached hydrogens (tertiary/aromatic N) is 2. The Morgan fingerprint density at radius 1 is 0.946 bits per heavy atom. The number of hydrogen-bond acceptors (Lipinski definition) is 6. The van der Waals surface area contributed by atoms with Crippen molar-refractivity contribution < 1.29 is 36.2 Å². The van der Waals surface area contributed by atoms with E-state index in [0.29, 0.717) is 49.6 Å². The molecule has 1 atom stereocenters. The van der Waals surface area contributed by atoms with E-state index >= 15 is 0 Å². The maximum Gasteiger partial charge on any atom is 0.430 e. The Kier molecular flexibility index (Phi) is 8.03. The van der Waals surface area contributed by atoms with Crippen molar-refractivity contribution in [1.82, 2.24) is 4.31 Å². The molecule has 1 saturated heterocycles. The van der Waals surface area contributed by atoms with Crippen LogP contribution in [0.4, 0.5) is 32.0 Å². The lowest BCUT2D eigenvalue weighted by Gasteiger charge is -2.42. The van der Waals surface area contributed by atoms with Crippen molar-refractivity contribution in [2.24, 2.45) is 0 Å². The highest BCUT2D eigenvalue weighted by molar-refractivity contribution is 7.98. The zero-order chi connectivity index (χ0) is 26.8. The molecule has 4 rings (SSSR count). The topological polar surface area (TPSA) is 35.9 Å². The molecule has 1 aliphatic heterocycles. The first-order chi connectivity index (χ1) is 17.4. The van der Waals surface area contributed by atoms with Crippen LogP contribution in [-0.4, -0.2) is 54.6 Å². The number of anilines is 1. The number of methoxy groups -OCH3 is 1. The van der Waals surface area contributed by atoms with Crippen molar-refractivity contribution in [3.05, 3.63) is 77.2 Å². The first kappa shape index (κ1) is 27.6. The third-order valence-corrected chi connectivity index (χ3v) is 8.32. The van der Waals surface area contributed by atoms with E-state index in [1.165, 1.54) is 12.1 Å². The van der Waals surface area contributed by atoms with E-state index in [2.05, 4.69) is 4.31 Å². The predicted octanol–water partition coefficient (Wildman–Crippen LogP) is 6.51. The number of para-hydroxylation sites is 1. The van der Waals surface area contributed by atoms with Crippen molar-refractivity contribution in [1.29, 1.82) is 0 Å². The third-order valence-electron chi connectivity index (χ3n) is 6.24. The number of benzene rings is 2. The zero-order valence-corrected chi connectivity index (χ0v) is 21.2. The van der Waals surface area contributed by atoms with Gasteiger partial charge in [0.2, 0.25) is 0 Å². The average Bonchev–Trinajstić information content (AvgIpc) is 3.36. The first-order valence-corrected chi connectivity index (χ1v) is 12.9. The maximum atomic E-state index is 13.3. The van der Waals surface area contributed by atoms with Gasteiger partial charge in [-0.25, -0.2) is 4.31 Å². The molecule has 1 N–H and O–H groups in total. The highest BCUT2D eigenvalue weighted by Gasteiger charge is 2.71. The van der Waals surface area contributed by atoms with E-state index < -0.39 is 23.5 Å². The monoisotopic (exact) mass is 562 g/mol. The van der Waals surface area contributed by atoms with Crippen LogP contribution >= 0.6 is 23.3 Å². The van der Waals surface area contributed by atoms with Gasteiger partial charge < -0.3 is 14.7 Å². The van der Waals surface area contributed by atoms with Crippen molar-refractivity contribution in [2.75, 3.05) is 31.6 Å². The fraction of sp³-hybridized carbons (Fsp3) is 0.360. The summed E-state index contributed by atoms with van der Waals surface area (Å²) in [4.78, 5) is 1.97. The van der Waals surface area contributed by atoms with Crippen LogP contribution in [0, 0.1) is 0 Å². The summed E-state index contributed by atoms with van der Waals surface area (Å²) in [6, 6.07) is 15.1. The lowest BCUT2D eigenvalue weighted by atomic mass is 9.92. The van der Waals surface area contributed by atoms with Crippen molar-refractivity contribution in [3.8, 4) is 5.75 Å². The van der Waals surface area contributed by atoms with E-state index in [1.54, 1.807) is 30.4 Å². The lowest BCUT2D eigenvalue weighted by Crippen LogP contribution is -2.54. The van der Waals surface area contributed by atoms with Crippen molar-refractivity contribution in [3.63, 3.8) is 0 Å². The molecule has 0 spiro atoms. The molecule has 200 valence electrons. The smallest absolute Gasteiger partial charge is 0.430 e. The number of piperazine rings is 1. The van der Waals surface area contributed by atoms with Gasteiger partial charge in [-0.2, -0.15) is 26.3 Å². The molecule has 12 heteroatoms. The normalized spacial score (nSPS) is 17.7. The zero-order valence-electron chi connectivity index (χ0n) is 19.6. The fourth-order valence-corrected chi connectivity index (χ4v) is 6.29. The summed E-state index contributed by atoms with van der Waals surface area (Å²) < 4.78 is 88.7. The Morgan fingerprint density at radius 2 is 1.62 bits per heavy atom. The molecule has 1 aliphatic rings. The highest BCUT2D eigenvalue weighted by atomic mass is 32.2. The van der Waals surface area contributed by atoms with E-state index in [-0.39, 0.29) is 6.04 Å². The second kappa shape index (κ2) is 10.8. The fourth-order valence-electron chi connectivity index (χ4n) is 4.37. The second-order valence-corrected chi connectivity index (χ2v) is 10.9. The molecule has 37 heavy (non-hydrogen) atoms. The van der Waals surface area contributed by atoms with Crippen LogP contribution in [0.5, 0.6) is 5.75 Å². The molecule has 4 nitrogen and oxygen atoms in total. The molecule has 1 fully saturated rings. The molecular weight excluding hydrogens is 538 g/mol. The molecule has 1 unspecified atom stereocenters. The number of aliphatic hydroxyl groups is 1. The van der Waals surface area contributed by atoms with Gasteiger partial charge in [0.05, 0.1) is 11.3 Å². The molecule has 3 aromatic rings. The van der Waals surface area contributed by atoms with Crippen LogP contribution in [0.25, 0.3) is 0 Å². The molecule has 0 radical (unpaired) electrons. The van der Waals surface area contributed by atoms with Crippen LogP contribution in [0.3, 0.4) is 0 Å². The molecule has 0 aliphatic carbocycles. The summed E-state index contributed by atoms with van der Waals surface area (Å²) >= 11 is 3.23. The summed E-state index contributed by atoms with van der Waals surface area (Å²) in [5, 5.41) is 11.7. The van der Waals surface area contributed by atoms with Crippen LogP contribution in [-0.2, 0) is 12.0 Å². The van der Waals surface area contributed by atoms with Crippen LogP contribution < -0.4 is 9.64 Å². The maximum absolute atomic E-state index is 13.3. The number of rotatable bonds is 7. The second-order valence-electron chi connectivity index (χ2n) is 8.53. The van der Waals surface area contributed by atoms with Crippen LogP contribution in [0.1, 0.15) is 11.1 Å². The summed E-state index contributed by atoms with van der Waals surface area (Å²) in [5.41, 5.74) is -4.82. The van der Waals surface area contributed by atoms with Crippen molar-refractivity contribution >= 4 is 29.0 Å². The summed E-state index contributed by atoms with van der Waals surface area (Å²) in [5.74, 6) is 0.696. The molecule has 2 heterocycles. The minimum atomic E-state index is -5.93. The van der Waals surface area contributed by atoms with Gasteiger partial charge in [-0.05, 0) is 53.6 Å². The molecular formula is C25H24F6N2O2S2. The molecule has 0 bridgehead atoms. The standard InChI is InChI=1S/C25H24F6N2O2S2/c1-35-21-6-3-2-5-17(21)15-20-16-32(37-22-7-4-14-36-22)12-13-33(20)19-10-8-18(9-11-19)23(34,24(26,27)28)25(29,30)31/h2-11,14,20,34H,12-13,15-16H2,1H3. The summed E-state index contributed by atoms with van der Waals surface area (Å²) in [6.07, 6.45) is -11.3. The SMILES string of the molecule is COc1ccccc1CC1CN(Sc2cccs2)CCN1c1ccc(C(O)(C(F)(F)F)C(F)(F)F)cc1. The molecule has 1 aromatic heterocycles. The Balaban J connectivity index is 1.63. The number of hydrogen-bond donors (Lipinski definition) is 1. The number of halogens is 6. The van der Waals surface area contributed by atoms with Gasteiger partial charge in [0.1, 0.15) is 5.75 Å². The highest BCUT2D eigenvalue weighted by Crippen LogP contribution is 2.50. The Hall–Kier alpha value is -2.41. The Labute approximate surface area is 218 Å². The Morgan fingerprint density at radius 3 is 2.22 bits per heavy atom. The lowest BCUT2D eigenvalue weighted by molar-refractivity contribution is -0.376. The molecule has 0 amide bonds. The third kappa shape index (κ3) is 5.71. The average molecular weight is 563 g/mol. The van der Waals surface area contributed by atoms with Crippen LogP contribution in [0.15, 0.2) is 70.3 Å². The minimum absolute atomic E-state index is 0.146. The quantitative estimate of drug-likeness (QED) is 0.263. The van der Waals surface area contributed by atoms with Crippen molar-refractivity contribution in [2.45, 2.75) is 34.6 Å². The number of ether oxygens (including phenoxy) is 1. The Bertz CT molecular complexity index is 1160. The van der Waals surface area contributed by atoms with E-state index in [9.17, 15) is 31.4 Å². The van der Waals surface area contributed by atoms with Gasteiger partial charge in [0.25, 0.3) is 5.60 Å². The minimum Gasteiger partial charge on any atom is -0.496 e. The number of thiophene rings is 1. The predicted molar refractivity (Wildman–Crippen MR) is 132 cm³/mol. The largest absolute Gasteiger partial charge is 0.496 e. The van der Waals surface area contributed by atoms with Gasteiger partial charge >= 0.3 is 12.4 Å². The first-order valence-electron chi connectivity index (χ1n) is 11.3. The van der Waals surface area contributed by atoms with Gasteiger partial charge in [0, 0.05) is 36.9 Å². The summed E-state index contributed by atoms with van der Waals surface area (Å²) in [6.45, 7) is 1.72. The van der Waals surface area contributed by atoms with Gasteiger partial charge in [-0.3, -0.25) is 0 Å². The van der Waals surface area contributed by atoms with Gasteiger partial charge in [-0.15, -0.1) is 11.3 Å².